The SMILES string of the molecule is C=C(C=O)C1CCC(C(=O)OC)C1C(=O)c1cc(O)ccc1O. The fraction of sp³-hybridized carbons (Fsp3) is 0.353. The molecule has 0 amide bonds. The third kappa shape index (κ3) is 3.11. The second kappa shape index (κ2) is 6.64. The van der Waals surface area contributed by atoms with Gasteiger partial charge in [-0.05, 0) is 42.5 Å². The molecular formula is C17H18O6. The van der Waals surface area contributed by atoms with Crippen LogP contribution in [0, 0.1) is 17.8 Å². The predicted molar refractivity (Wildman–Crippen MR) is 81.0 cm³/mol. The highest BCUT2D eigenvalue weighted by molar-refractivity contribution is 6.03. The van der Waals surface area contributed by atoms with Gasteiger partial charge in [0.2, 0.25) is 0 Å². The van der Waals surface area contributed by atoms with Crippen LogP contribution in [0.15, 0.2) is 30.4 Å². The molecular weight excluding hydrogens is 300 g/mol. The number of carbonyl (C=O) groups is 3. The first-order chi connectivity index (χ1) is 10.9. The molecule has 0 saturated heterocycles. The summed E-state index contributed by atoms with van der Waals surface area (Å²) >= 11 is 0. The third-order valence-corrected chi connectivity index (χ3v) is 4.34. The molecule has 0 aliphatic heterocycles. The highest BCUT2D eigenvalue weighted by Gasteiger charge is 2.46. The summed E-state index contributed by atoms with van der Waals surface area (Å²) in [7, 11) is 1.23. The molecule has 1 aromatic rings. The maximum Gasteiger partial charge on any atom is 0.309 e. The van der Waals surface area contributed by atoms with Gasteiger partial charge in [0.1, 0.15) is 17.8 Å². The summed E-state index contributed by atoms with van der Waals surface area (Å²) in [6.07, 6.45) is 1.42. The number of aldehydes is 1. The Morgan fingerprint density at radius 3 is 2.52 bits per heavy atom. The lowest BCUT2D eigenvalue weighted by atomic mass is 9.80. The number of hydrogen-bond donors (Lipinski definition) is 2. The third-order valence-electron chi connectivity index (χ3n) is 4.34. The van der Waals surface area contributed by atoms with Crippen LogP contribution in [0.2, 0.25) is 0 Å². The Kier molecular flexibility index (Phi) is 4.83. The summed E-state index contributed by atoms with van der Waals surface area (Å²) in [5.74, 6) is -3.58. The van der Waals surface area contributed by atoms with Gasteiger partial charge in [-0.3, -0.25) is 14.4 Å². The molecule has 3 unspecified atom stereocenters. The van der Waals surface area contributed by atoms with Crippen LogP contribution in [0.5, 0.6) is 11.5 Å². The Morgan fingerprint density at radius 1 is 1.26 bits per heavy atom. The number of hydrogen-bond acceptors (Lipinski definition) is 6. The van der Waals surface area contributed by atoms with Crippen molar-refractivity contribution in [2.75, 3.05) is 7.11 Å². The number of phenolic OH excluding ortho intramolecular Hbond substituents is 2. The van der Waals surface area contributed by atoms with E-state index in [0.717, 1.165) is 6.07 Å². The van der Waals surface area contributed by atoms with E-state index in [-0.39, 0.29) is 22.6 Å². The number of methoxy groups -OCH3 is 1. The van der Waals surface area contributed by atoms with E-state index in [1.165, 1.54) is 19.2 Å². The van der Waals surface area contributed by atoms with Crippen LogP contribution in [0.1, 0.15) is 23.2 Å². The summed E-state index contributed by atoms with van der Waals surface area (Å²) in [6.45, 7) is 3.66. The number of aromatic hydroxyl groups is 2. The van der Waals surface area contributed by atoms with E-state index in [1.807, 2.05) is 0 Å². The topological polar surface area (TPSA) is 101 Å². The maximum atomic E-state index is 12.8. The van der Waals surface area contributed by atoms with E-state index in [0.29, 0.717) is 19.1 Å². The Balaban J connectivity index is 2.45. The van der Waals surface area contributed by atoms with Crippen LogP contribution < -0.4 is 0 Å². The lowest BCUT2D eigenvalue weighted by Crippen LogP contribution is -2.31. The van der Waals surface area contributed by atoms with Crippen molar-refractivity contribution in [1.29, 1.82) is 0 Å². The van der Waals surface area contributed by atoms with Gasteiger partial charge in [-0.2, -0.15) is 0 Å². The summed E-state index contributed by atoms with van der Waals surface area (Å²) in [5.41, 5.74) is 0.142. The molecule has 1 aromatic carbocycles. The molecule has 3 atom stereocenters. The number of Topliss-reactive ketones (excluding diaryl/α,β-unsaturated/α-hetero) is 1. The van der Waals surface area contributed by atoms with E-state index in [9.17, 15) is 24.6 Å². The monoisotopic (exact) mass is 318 g/mol. The molecule has 23 heavy (non-hydrogen) atoms. The van der Waals surface area contributed by atoms with E-state index >= 15 is 0 Å². The standard InChI is InChI=1S/C17H18O6/c1-9(8-18)11-4-5-12(17(22)23-2)15(11)16(21)13-7-10(19)3-6-14(13)20/h3,6-8,11-12,15,19-20H,1,4-5H2,2H3. The maximum absolute atomic E-state index is 12.8. The first-order valence-corrected chi connectivity index (χ1v) is 7.18. The fourth-order valence-electron chi connectivity index (χ4n) is 3.18. The Hall–Kier alpha value is -2.63. The molecule has 0 radical (unpaired) electrons. The lowest BCUT2D eigenvalue weighted by Gasteiger charge is -2.22. The Morgan fingerprint density at radius 2 is 1.91 bits per heavy atom. The van der Waals surface area contributed by atoms with Gasteiger partial charge in [-0.25, -0.2) is 0 Å². The molecule has 0 spiro atoms. The summed E-state index contributed by atoms with van der Waals surface area (Å²) < 4.78 is 4.75. The van der Waals surface area contributed by atoms with Crippen molar-refractivity contribution in [1.82, 2.24) is 0 Å². The van der Waals surface area contributed by atoms with Crippen molar-refractivity contribution in [2.24, 2.45) is 17.8 Å². The Labute approximate surface area is 133 Å². The minimum Gasteiger partial charge on any atom is -0.508 e. The summed E-state index contributed by atoms with van der Waals surface area (Å²) in [4.78, 5) is 35.9. The molecule has 122 valence electrons. The number of carbonyl (C=O) groups excluding carboxylic acids is 3. The summed E-state index contributed by atoms with van der Waals surface area (Å²) in [6, 6.07) is 3.60. The molecule has 1 aliphatic carbocycles. The number of esters is 1. The molecule has 0 heterocycles. The van der Waals surface area contributed by atoms with Gasteiger partial charge in [-0.1, -0.05) is 6.58 Å². The van der Waals surface area contributed by atoms with E-state index in [2.05, 4.69) is 6.58 Å². The first kappa shape index (κ1) is 16.7. The normalized spacial score (nSPS) is 23.3. The average molecular weight is 318 g/mol. The van der Waals surface area contributed by atoms with Gasteiger partial charge < -0.3 is 14.9 Å². The van der Waals surface area contributed by atoms with Crippen LogP contribution in [0.3, 0.4) is 0 Å². The van der Waals surface area contributed by atoms with Gasteiger partial charge in [-0.15, -0.1) is 0 Å². The quantitative estimate of drug-likeness (QED) is 0.282. The minimum atomic E-state index is -0.854. The zero-order valence-corrected chi connectivity index (χ0v) is 12.7. The number of ether oxygens (including phenoxy) is 1. The molecule has 0 aromatic heterocycles. The smallest absolute Gasteiger partial charge is 0.309 e. The van der Waals surface area contributed by atoms with Crippen LogP contribution in [0.4, 0.5) is 0 Å². The second-order valence-corrected chi connectivity index (χ2v) is 5.60. The van der Waals surface area contributed by atoms with Gasteiger partial charge in [0, 0.05) is 5.92 Å². The molecule has 1 fully saturated rings. The molecule has 1 saturated carbocycles. The predicted octanol–water partition coefficient (Wildman–Crippen LogP) is 1.85. The number of ketones is 1. The van der Waals surface area contributed by atoms with Crippen LogP contribution in [-0.4, -0.2) is 35.4 Å². The van der Waals surface area contributed by atoms with E-state index in [1.54, 1.807) is 0 Å². The lowest BCUT2D eigenvalue weighted by molar-refractivity contribution is -0.146. The average Bonchev–Trinajstić information content (AvgIpc) is 2.99. The summed E-state index contributed by atoms with van der Waals surface area (Å²) in [5, 5.41) is 19.4. The van der Waals surface area contributed by atoms with Crippen LogP contribution in [-0.2, 0) is 14.3 Å². The van der Waals surface area contributed by atoms with Crippen molar-refractivity contribution in [2.45, 2.75) is 12.8 Å². The molecule has 6 nitrogen and oxygen atoms in total. The molecule has 1 aliphatic rings. The second-order valence-electron chi connectivity index (χ2n) is 5.60. The number of rotatable bonds is 5. The van der Waals surface area contributed by atoms with Crippen molar-refractivity contribution in [3.8, 4) is 11.5 Å². The van der Waals surface area contributed by atoms with E-state index in [4.69, 9.17) is 4.74 Å². The van der Waals surface area contributed by atoms with E-state index < -0.39 is 29.5 Å². The zero-order chi connectivity index (χ0) is 17.1. The molecule has 2 N–H and O–H groups in total. The van der Waals surface area contributed by atoms with Crippen molar-refractivity contribution in [3.63, 3.8) is 0 Å². The minimum absolute atomic E-state index is 0.0884. The highest BCUT2D eigenvalue weighted by atomic mass is 16.5. The largest absolute Gasteiger partial charge is 0.508 e. The number of benzene rings is 1. The fourth-order valence-corrected chi connectivity index (χ4v) is 3.18. The van der Waals surface area contributed by atoms with Crippen molar-refractivity contribution < 1.29 is 29.3 Å². The van der Waals surface area contributed by atoms with Gasteiger partial charge in [0.05, 0.1) is 18.6 Å². The molecule has 0 bridgehead atoms. The van der Waals surface area contributed by atoms with Crippen LogP contribution >= 0.6 is 0 Å². The van der Waals surface area contributed by atoms with Gasteiger partial charge in [0.15, 0.2) is 5.78 Å². The van der Waals surface area contributed by atoms with Crippen molar-refractivity contribution >= 4 is 18.0 Å². The molecule has 2 rings (SSSR count). The zero-order valence-electron chi connectivity index (χ0n) is 12.7. The van der Waals surface area contributed by atoms with Crippen LogP contribution in [0.25, 0.3) is 0 Å². The number of phenols is 2. The molecule has 6 heteroatoms. The first-order valence-electron chi connectivity index (χ1n) is 7.18. The Bertz CT molecular complexity index is 663. The number of allylic oxidation sites excluding steroid dienone is 1. The van der Waals surface area contributed by atoms with Gasteiger partial charge >= 0.3 is 5.97 Å². The van der Waals surface area contributed by atoms with Crippen molar-refractivity contribution in [3.05, 3.63) is 35.9 Å². The van der Waals surface area contributed by atoms with Gasteiger partial charge in [0.25, 0.3) is 0 Å². The highest BCUT2D eigenvalue weighted by Crippen LogP contribution is 2.43.